The van der Waals surface area contributed by atoms with Crippen molar-refractivity contribution in [3.63, 3.8) is 0 Å². The van der Waals surface area contributed by atoms with Crippen LogP contribution in [0.15, 0.2) is 78.9 Å². The maximum absolute atomic E-state index is 13.6. The standard InChI is InChI=1S/C22H17F2NO3/c23-17-12-7-13-18(24)20(17)22(27)28-14-19(26)25-21(15-8-3-1-4-9-15)16-10-5-2-6-11-16/h1-13,21H,14H2,(H,25,26). The minimum Gasteiger partial charge on any atom is -0.452 e. The van der Waals surface area contributed by atoms with E-state index in [1.165, 1.54) is 0 Å². The minimum absolute atomic E-state index is 0.459. The highest BCUT2D eigenvalue weighted by Crippen LogP contribution is 2.21. The van der Waals surface area contributed by atoms with Crippen LogP contribution in [0.3, 0.4) is 0 Å². The van der Waals surface area contributed by atoms with Crippen LogP contribution in [0.4, 0.5) is 8.78 Å². The van der Waals surface area contributed by atoms with E-state index in [4.69, 9.17) is 4.74 Å². The fourth-order valence-corrected chi connectivity index (χ4v) is 2.75. The molecule has 0 heterocycles. The molecule has 0 aliphatic rings. The number of benzene rings is 3. The molecule has 0 saturated carbocycles. The van der Waals surface area contributed by atoms with Crippen molar-refractivity contribution in [3.05, 3.63) is 107 Å². The Bertz CT molecular complexity index is 902. The summed E-state index contributed by atoms with van der Waals surface area (Å²) in [7, 11) is 0. The lowest BCUT2D eigenvalue weighted by Crippen LogP contribution is -2.33. The summed E-state index contributed by atoms with van der Waals surface area (Å²) in [6.45, 7) is -0.664. The molecule has 0 aliphatic carbocycles. The Labute approximate surface area is 160 Å². The lowest BCUT2D eigenvalue weighted by molar-refractivity contribution is -0.124. The Hall–Kier alpha value is -3.54. The van der Waals surface area contributed by atoms with E-state index >= 15 is 0 Å². The molecule has 0 aliphatic heterocycles. The van der Waals surface area contributed by atoms with E-state index in [-0.39, 0.29) is 0 Å². The van der Waals surface area contributed by atoms with Crippen molar-refractivity contribution in [2.75, 3.05) is 6.61 Å². The molecule has 142 valence electrons. The molecular weight excluding hydrogens is 364 g/mol. The third-order valence-corrected chi connectivity index (χ3v) is 4.07. The van der Waals surface area contributed by atoms with Crippen LogP contribution in [0.25, 0.3) is 0 Å². The molecule has 4 nitrogen and oxygen atoms in total. The van der Waals surface area contributed by atoms with Gasteiger partial charge in [0.25, 0.3) is 5.91 Å². The van der Waals surface area contributed by atoms with Crippen molar-refractivity contribution in [1.29, 1.82) is 0 Å². The lowest BCUT2D eigenvalue weighted by Gasteiger charge is -2.20. The van der Waals surface area contributed by atoms with Crippen LogP contribution in [0.5, 0.6) is 0 Å². The minimum atomic E-state index is -1.23. The van der Waals surface area contributed by atoms with Gasteiger partial charge in [-0.05, 0) is 23.3 Å². The molecular formula is C22H17F2NO3. The van der Waals surface area contributed by atoms with Gasteiger partial charge in [-0.1, -0.05) is 66.7 Å². The van der Waals surface area contributed by atoms with Crippen molar-refractivity contribution in [2.45, 2.75) is 6.04 Å². The molecule has 0 saturated heterocycles. The Morgan fingerprint density at radius 3 is 1.79 bits per heavy atom. The van der Waals surface area contributed by atoms with E-state index in [2.05, 4.69) is 5.32 Å². The zero-order valence-corrected chi connectivity index (χ0v) is 14.8. The Balaban J connectivity index is 1.70. The van der Waals surface area contributed by atoms with E-state index in [9.17, 15) is 18.4 Å². The summed E-state index contributed by atoms with van der Waals surface area (Å²) in [6.07, 6.45) is 0. The number of carbonyl (C=O) groups is 2. The Kier molecular flexibility index (Phi) is 6.11. The van der Waals surface area contributed by atoms with E-state index < -0.39 is 41.7 Å². The molecule has 6 heteroatoms. The molecule has 0 atom stereocenters. The molecule has 0 unspecified atom stereocenters. The predicted octanol–water partition coefficient (Wildman–Crippen LogP) is 4.03. The summed E-state index contributed by atoms with van der Waals surface area (Å²) in [5.41, 5.74) is 0.861. The van der Waals surface area contributed by atoms with Crippen molar-refractivity contribution in [3.8, 4) is 0 Å². The van der Waals surface area contributed by atoms with E-state index in [1.807, 2.05) is 60.7 Å². The molecule has 0 aromatic heterocycles. The first-order valence-corrected chi connectivity index (χ1v) is 8.56. The summed E-state index contributed by atoms with van der Waals surface area (Å²) < 4.78 is 32.1. The first-order valence-electron chi connectivity index (χ1n) is 8.56. The summed E-state index contributed by atoms with van der Waals surface area (Å²) in [4.78, 5) is 24.3. The van der Waals surface area contributed by atoms with Gasteiger partial charge < -0.3 is 10.1 Å². The van der Waals surface area contributed by atoms with Gasteiger partial charge in [-0.3, -0.25) is 4.79 Å². The maximum Gasteiger partial charge on any atom is 0.344 e. The van der Waals surface area contributed by atoms with Crippen LogP contribution >= 0.6 is 0 Å². The topological polar surface area (TPSA) is 55.4 Å². The zero-order chi connectivity index (χ0) is 19.9. The maximum atomic E-state index is 13.6. The Morgan fingerprint density at radius 2 is 1.29 bits per heavy atom. The molecule has 0 spiro atoms. The second-order valence-electron chi connectivity index (χ2n) is 5.99. The van der Waals surface area contributed by atoms with Crippen molar-refractivity contribution < 1.29 is 23.1 Å². The third-order valence-electron chi connectivity index (χ3n) is 4.07. The third kappa shape index (κ3) is 4.59. The number of ether oxygens (including phenoxy) is 1. The van der Waals surface area contributed by atoms with Gasteiger partial charge in [0.2, 0.25) is 0 Å². The predicted molar refractivity (Wildman–Crippen MR) is 99.5 cm³/mol. The van der Waals surface area contributed by atoms with Crippen LogP contribution in [-0.4, -0.2) is 18.5 Å². The number of hydrogen-bond acceptors (Lipinski definition) is 3. The monoisotopic (exact) mass is 381 g/mol. The number of amides is 1. The summed E-state index contributed by atoms with van der Waals surface area (Å²) in [6, 6.07) is 21.1. The molecule has 1 amide bonds. The van der Waals surface area contributed by atoms with Crippen molar-refractivity contribution in [2.24, 2.45) is 0 Å². The fourth-order valence-electron chi connectivity index (χ4n) is 2.75. The van der Waals surface area contributed by atoms with Crippen molar-refractivity contribution in [1.82, 2.24) is 5.32 Å². The van der Waals surface area contributed by atoms with Gasteiger partial charge in [0.05, 0.1) is 6.04 Å². The average Bonchev–Trinajstić information content (AvgIpc) is 2.71. The second kappa shape index (κ2) is 8.90. The second-order valence-corrected chi connectivity index (χ2v) is 5.99. The van der Waals surface area contributed by atoms with Crippen molar-refractivity contribution >= 4 is 11.9 Å². The lowest BCUT2D eigenvalue weighted by atomic mass is 9.99. The van der Waals surface area contributed by atoms with Crippen LogP contribution in [0.2, 0.25) is 0 Å². The Morgan fingerprint density at radius 1 is 0.786 bits per heavy atom. The molecule has 28 heavy (non-hydrogen) atoms. The van der Waals surface area contributed by atoms with Gasteiger partial charge >= 0.3 is 5.97 Å². The van der Waals surface area contributed by atoms with E-state index in [1.54, 1.807) is 0 Å². The number of halogens is 2. The molecule has 1 N–H and O–H groups in total. The number of esters is 1. The fraction of sp³-hybridized carbons (Fsp3) is 0.0909. The van der Waals surface area contributed by atoms with E-state index in [0.717, 1.165) is 29.3 Å². The number of carbonyl (C=O) groups excluding carboxylic acids is 2. The highest BCUT2D eigenvalue weighted by molar-refractivity contribution is 5.91. The first-order chi connectivity index (χ1) is 13.6. The molecule has 3 rings (SSSR count). The normalized spacial score (nSPS) is 10.5. The summed E-state index contributed by atoms with van der Waals surface area (Å²) in [5.74, 6) is -3.92. The first kappa shape index (κ1) is 19.2. The zero-order valence-electron chi connectivity index (χ0n) is 14.8. The molecule has 0 radical (unpaired) electrons. The van der Waals surface area contributed by atoms with Gasteiger partial charge in [0.15, 0.2) is 6.61 Å². The smallest absolute Gasteiger partial charge is 0.344 e. The number of hydrogen-bond donors (Lipinski definition) is 1. The molecule has 0 fully saturated rings. The van der Waals surface area contributed by atoms with Crippen LogP contribution in [0, 0.1) is 11.6 Å². The van der Waals surface area contributed by atoms with Gasteiger partial charge in [-0.2, -0.15) is 0 Å². The SMILES string of the molecule is O=C(COC(=O)c1c(F)cccc1F)NC(c1ccccc1)c1ccccc1. The number of nitrogens with one attached hydrogen (secondary N) is 1. The van der Waals surface area contributed by atoms with Crippen LogP contribution in [0.1, 0.15) is 27.5 Å². The molecule has 0 bridgehead atoms. The van der Waals surface area contributed by atoms with Gasteiger partial charge in [0, 0.05) is 0 Å². The largest absolute Gasteiger partial charge is 0.452 e. The summed E-state index contributed by atoms with van der Waals surface area (Å²) >= 11 is 0. The van der Waals surface area contributed by atoms with Gasteiger partial charge in [-0.25, -0.2) is 13.6 Å². The van der Waals surface area contributed by atoms with Gasteiger partial charge in [0.1, 0.15) is 17.2 Å². The summed E-state index contributed by atoms with van der Waals surface area (Å²) in [5, 5.41) is 2.78. The average molecular weight is 381 g/mol. The highest BCUT2D eigenvalue weighted by atomic mass is 19.1. The quantitative estimate of drug-likeness (QED) is 0.656. The van der Waals surface area contributed by atoms with Gasteiger partial charge in [-0.15, -0.1) is 0 Å². The van der Waals surface area contributed by atoms with Crippen LogP contribution in [-0.2, 0) is 9.53 Å². The molecule has 3 aromatic carbocycles. The van der Waals surface area contributed by atoms with E-state index in [0.29, 0.717) is 0 Å². The van der Waals surface area contributed by atoms with Crippen LogP contribution < -0.4 is 5.32 Å². The number of rotatable bonds is 6. The highest BCUT2D eigenvalue weighted by Gasteiger charge is 2.21. The molecule has 3 aromatic rings.